The lowest BCUT2D eigenvalue weighted by atomic mass is 9.95. The average molecular weight is 391 g/mol. The zero-order valence-corrected chi connectivity index (χ0v) is 17.4. The van der Waals surface area contributed by atoms with Gasteiger partial charge in [-0.25, -0.2) is 4.57 Å². The molecular weight excluding hydrogens is 366 g/mol. The molecule has 0 fully saturated rings. The Morgan fingerprint density at radius 2 is 1.60 bits per heavy atom. The number of nitrogens with zero attached hydrogens (tertiary/aromatic N) is 1. The Labute approximate surface area is 176 Å². The first-order valence-corrected chi connectivity index (χ1v) is 10.7. The van der Waals surface area contributed by atoms with Crippen LogP contribution in [0.3, 0.4) is 0 Å². The van der Waals surface area contributed by atoms with Crippen molar-refractivity contribution in [3.63, 3.8) is 0 Å². The third kappa shape index (κ3) is 2.46. The number of hydrogen-bond donors (Lipinski definition) is 0. The van der Waals surface area contributed by atoms with Crippen molar-refractivity contribution in [1.29, 1.82) is 0 Å². The van der Waals surface area contributed by atoms with E-state index in [2.05, 4.69) is 91.5 Å². The van der Waals surface area contributed by atoms with Crippen LogP contribution in [0.2, 0.25) is 0 Å². The molecule has 6 rings (SSSR count). The Kier molecular flexibility index (Phi) is 3.82. The maximum absolute atomic E-state index is 6.71. The lowest BCUT2D eigenvalue weighted by Crippen LogP contribution is -2.30. The fourth-order valence-corrected chi connectivity index (χ4v) is 5.15. The third-order valence-electron chi connectivity index (χ3n) is 6.62. The highest BCUT2D eigenvalue weighted by molar-refractivity contribution is 6.13. The summed E-state index contributed by atoms with van der Waals surface area (Å²) in [4.78, 5) is 0. The minimum atomic E-state index is 0.979. The first-order valence-electron chi connectivity index (χ1n) is 10.7. The van der Waals surface area contributed by atoms with Crippen molar-refractivity contribution in [3.8, 4) is 22.4 Å². The molecule has 2 heterocycles. The van der Waals surface area contributed by atoms with Crippen molar-refractivity contribution in [3.05, 3.63) is 89.6 Å². The fraction of sp³-hybridized carbons (Fsp3) is 0.179. The van der Waals surface area contributed by atoms with Gasteiger partial charge in [0.15, 0.2) is 6.20 Å². The van der Waals surface area contributed by atoms with E-state index in [1.54, 1.807) is 0 Å². The molecule has 0 spiro atoms. The molecule has 2 aromatic heterocycles. The zero-order valence-electron chi connectivity index (χ0n) is 17.4. The molecule has 0 saturated heterocycles. The summed E-state index contributed by atoms with van der Waals surface area (Å²) >= 11 is 0. The van der Waals surface area contributed by atoms with E-state index in [1.165, 1.54) is 62.7 Å². The third-order valence-corrected chi connectivity index (χ3v) is 6.62. The van der Waals surface area contributed by atoms with Gasteiger partial charge in [-0.3, -0.25) is 0 Å². The number of rotatable bonds is 2. The topological polar surface area (TPSA) is 17.0 Å². The molecule has 0 radical (unpaired) electrons. The normalized spacial score (nSPS) is 13.3. The summed E-state index contributed by atoms with van der Waals surface area (Å²) in [5.41, 5.74) is 11.1. The van der Waals surface area contributed by atoms with Crippen LogP contribution in [0.4, 0.5) is 0 Å². The SMILES string of the molecule is Cc1ccc2c(oc3c(-c4cccc5c4CCC5)cccc32)c1-c1cccc[n+]1C. The smallest absolute Gasteiger partial charge is 0.216 e. The average Bonchev–Trinajstić information content (AvgIpc) is 3.38. The van der Waals surface area contributed by atoms with Crippen LogP contribution in [0.1, 0.15) is 23.1 Å². The van der Waals surface area contributed by atoms with E-state index < -0.39 is 0 Å². The lowest BCUT2D eigenvalue weighted by Gasteiger charge is -2.09. The van der Waals surface area contributed by atoms with E-state index in [9.17, 15) is 0 Å². The molecule has 0 amide bonds. The van der Waals surface area contributed by atoms with Crippen LogP contribution in [-0.4, -0.2) is 0 Å². The summed E-state index contributed by atoms with van der Waals surface area (Å²) < 4.78 is 8.87. The zero-order chi connectivity index (χ0) is 20.2. The molecule has 0 saturated carbocycles. The van der Waals surface area contributed by atoms with Crippen LogP contribution in [0.5, 0.6) is 0 Å². The lowest BCUT2D eigenvalue weighted by molar-refractivity contribution is -0.660. The Balaban J connectivity index is 1.69. The second kappa shape index (κ2) is 6.56. The van der Waals surface area contributed by atoms with Gasteiger partial charge in [0.2, 0.25) is 5.69 Å². The second-order valence-corrected chi connectivity index (χ2v) is 8.41. The number of hydrogen-bond acceptors (Lipinski definition) is 1. The standard InChI is InChI=1S/C28H24NO/c1-18-15-16-24-23-13-7-12-22(21-11-6-9-19-8-5-10-20(19)21)27(23)30-28(24)26(18)25-14-3-4-17-29(25)2/h3-4,6-7,9,11-17H,5,8,10H2,1-2H3/q+1. The summed E-state index contributed by atoms with van der Waals surface area (Å²) in [6.45, 7) is 2.17. The predicted octanol–water partition coefficient (Wildman–Crippen LogP) is 6.54. The molecule has 0 N–H and O–H groups in total. The van der Waals surface area contributed by atoms with Crippen LogP contribution < -0.4 is 4.57 Å². The maximum atomic E-state index is 6.71. The minimum absolute atomic E-state index is 0.979. The Morgan fingerprint density at radius 3 is 2.50 bits per heavy atom. The second-order valence-electron chi connectivity index (χ2n) is 8.41. The number of pyridine rings is 1. The molecule has 2 nitrogen and oxygen atoms in total. The molecular formula is C28H24NO+. The first-order chi connectivity index (χ1) is 14.7. The summed E-state index contributed by atoms with van der Waals surface area (Å²) in [6.07, 6.45) is 5.69. The molecule has 1 aliphatic rings. The van der Waals surface area contributed by atoms with Crippen molar-refractivity contribution in [2.24, 2.45) is 7.05 Å². The van der Waals surface area contributed by atoms with Crippen LogP contribution in [-0.2, 0) is 19.9 Å². The van der Waals surface area contributed by atoms with E-state index in [4.69, 9.17) is 4.42 Å². The van der Waals surface area contributed by atoms with Crippen molar-refractivity contribution in [2.45, 2.75) is 26.2 Å². The Bertz CT molecular complexity index is 1440. The number of aromatic nitrogens is 1. The van der Waals surface area contributed by atoms with Crippen molar-refractivity contribution in [2.75, 3.05) is 0 Å². The highest BCUT2D eigenvalue weighted by Gasteiger charge is 2.23. The molecule has 0 atom stereocenters. The number of benzene rings is 3. The van der Waals surface area contributed by atoms with Crippen LogP contribution in [0.25, 0.3) is 44.3 Å². The van der Waals surface area contributed by atoms with Crippen LogP contribution in [0, 0.1) is 6.92 Å². The van der Waals surface area contributed by atoms with Crippen molar-refractivity contribution >= 4 is 21.9 Å². The fourth-order valence-electron chi connectivity index (χ4n) is 5.15. The van der Waals surface area contributed by atoms with Gasteiger partial charge in [-0.15, -0.1) is 0 Å². The van der Waals surface area contributed by atoms with E-state index in [0.717, 1.165) is 17.6 Å². The molecule has 0 aliphatic heterocycles. The summed E-state index contributed by atoms with van der Waals surface area (Å²) in [7, 11) is 2.09. The highest BCUT2D eigenvalue weighted by Crippen LogP contribution is 2.42. The van der Waals surface area contributed by atoms with Gasteiger partial charge in [-0.05, 0) is 54.5 Å². The summed E-state index contributed by atoms with van der Waals surface area (Å²) in [5, 5.41) is 2.38. The Morgan fingerprint density at radius 1 is 0.767 bits per heavy atom. The van der Waals surface area contributed by atoms with Crippen LogP contribution >= 0.6 is 0 Å². The highest BCUT2D eigenvalue weighted by atomic mass is 16.3. The maximum Gasteiger partial charge on any atom is 0.216 e. The number of para-hydroxylation sites is 1. The van der Waals surface area contributed by atoms with E-state index >= 15 is 0 Å². The molecule has 1 aliphatic carbocycles. The number of aryl methyl sites for hydroxylation is 3. The molecule has 3 aromatic carbocycles. The predicted molar refractivity (Wildman–Crippen MR) is 123 cm³/mol. The number of fused-ring (bicyclic) bond motifs is 4. The van der Waals surface area contributed by atoms with E-state index in [1.807, 2.05) is 0 Å². The minimum Gasteiger partial charge on any atom is -0.454 e. The largest absolute Gasteiger partial charge is 0.454 e. The molecule has 30 heavy (non-hydrogen) atoms. The quantitative estimate of drug-likeness (QED) is 0.313. The number of furan rings is 1. The van der Waals surface area contributed by atoms with E-state index in [0.29, 0.717) is 0 Å². The molecule has 0 unspecified atom stereocenters. The summed E-state index contributed by atoms with van der Waals surface area (Å²) in [5.74, 6) is 0. The van der Waals surface area contributed by atoms with E-state index in [-0.39, 0.29) is 0 Å². The van der Waals surface area contributed by atoms with Crippen LogP contribution in [0.15, 0.2) is 77.3 Å². The van der Waals surface area contributed by atoms with Crippen molar-refractivity contribution < 1.29 is 8.98 Å². The monoisotopic (exact) mass is 390 g/mol. The van der Waals surface area contributed by atoms with Gasteiger partial charge in [0.05, 0.1) is 5.56 Å². The summed E-state index contributed by atoms with van der Waals surface area (Å²) in [6, 6.07) is 24.1. The van der Waals surface area contributed by atoms with Gasteiger partial charge in [-0.2, -0.15) is 0 Å². The molecule has 5 aromatic rings. The van der Waals surface area contributed by atoms with Gasteiger partial charge in [0.1, 0.15) is 18.2 Å². The Hall–Kier alpha value is -3.39. The molecule has 146 valence electrons. The first kappa shape index (κ1) is 17.5. The van der Waals surface area contributed by atoms with Gasteiger partial charge >= 0.3 is 0 Å². The van der Waals surface area contributed by atoms with Gasteiger partial charge in [0, 0.05) is 28.5 Å². The van der Waals surface area contributed by atoms with Crippen molar-refractivity contribution in [1.82, 2.24) is 0 Å². The molecule has 2 heteroatoms. The van der Waals surface area contributed by atoms with Gasteiger partial charge in [-0.1, -0.05) is 48.5 Å². The van der Waals surface area contributed by atoms with Gasteiger partial charge in [0.25, 0.3) is 0 Å². The van der Waals surface area contributed by atoms with Gasteiger partial charge < -0.3 is 4.42 Å². The molecule has 0 bridgehead atoms.